The minimum atomic E-state index is -0.979. The molecule has 34 heavy (non-hydrogen) atoms. The number of ketones is 1. The highest BCUT2D eigenvalue weighted by Gasteiger charge is 2.67. The Bertz CT molecular complexity index is 880. The van der Waals surface area contributed by atoms with Crippen LogP contribution in [0.15, 0.2) is 11.6 Å². The Balaban J connectivity index is 1.69. The highest BCUT2D eigenvalue weighted by molar-refractivity contribution is 5.91. The highest BCUT2D eigenvalue weighted by atomic mass is 16.5. The van der Waals surface area contributed by atoms with Crippen LogP contribution in [0.4, 0.5) is 0 Å². The molecule has 0 spiro atoms. The molecule has 3 fully saturated rings. The average molecular weight is 477 g/mol. The molecular formula is C27H40O7. The second-order valence-electron chi connectivity index (χ2n) is 11.7. The van der Waals surface area contributed by atoms with E-state index in [1.165, 1.54) is 14.2 Å². The van der Waals surface area contributed by atoms with Gasteiger partial charge in [-0.2, -0.15) is 0 Å². The van der Waals surface area contributed by atoms with Crippen LogP contribution in [-0.4, -0.2) is 53.9 Å². The fourth-order valence-corrected chi connectivity index (χ4v) is 8.45. The molecular weight excluding hydrogens is 436 g/mol. The molecule has 0 saturated heterocycles. The van der Waals surface area contributed by atoms with Gasteiger partial charge in [0, 0.05) is 24.7 Å². The number of hydrogen-bond acceptors (Lipinski definition) is 7. The standard InChI is InChI=1S/C27H40O7/c1-25-10-7-18(28)14-17(25)12-16(13-22(31)34-4)23-19-8-11-27(32,9-5-6-21(30)33-3)26(19,2)15-20(29)24(23)25/h14,16,19-20,23-24,29,32H,5-13,15H2,1-4H3/t16-,19?,20+,23?,24?,25-,26-,27-/m0/s1. The molecule has 0 aromatic rings. The smallest absolute Gasteiger partial charge is 0.305 e. The predicted octanol–water partition coefficient (Wildman–Crippen LogP) is 3.35. The zero-order valence-electron chi connectivity index (χ0n) is 21.0. The molecule has 7 nitrogen and oxygen atoms in total. The number of aliphatic hydroxyl groups is 2. The molecule has 0 heterocycles. The first-order valence-corrected chi connectivity index (χ1v) is 12.8. The van der Waals surface area contributed by atoms with Gasteiger partial charge in [0.15, 0.2) is 5.78 Å². The number of allylic oxidation sites excluding steroid dienone is 1. The van der Waals surface area contributed by atoms with Crippen molar-refractivity contribution < 1.29 is 34.1 Å². The van der Waals surface area contributed by atoms with Gasteiger partial charge in [-0.3, -0.25) is 14.4 Å². The van der Waals surface area contributed by atoms with Gasteiger partial charge in [0.1, 0.15) is 0 Å². The SMILES string of the molecule is COC(=O)CCC[C@]1(O)CCC2C3C([C@H](O)C[C@@]21C)[C@@]1(C)CCC(=O)C=C1C[C@H]3CC(=O)OC. The van der Waals surface area contributed by atoms with Crippen LogP contribution in [0.2, 0.25) is 0 Å². The minimum Gasteiger partial charge on any atom is -0.469 e. The fourth-order valence-electron chi connectivity index (χ4n) is 8.45. The van der Waals surface area contributed by atoms with E-state index in [9.17, 15) is 24.6 Å². The van der Waals surface area contributed by atoms with Gasteiger partial charge in [-0.25, -0.2) is 0 Å². The van der Waals surface area contributed by atoms with Gasteiger partial charge in [-0.1, -0.05) is 19.4 Å². The van der Waals surface area contributed by atoms with E-state index in [0.717, 1.165) is 12.0 Å². The fraction of sp³-hybridized carbons (Fsp3) is 0.815. The summed E-state index contributed by atoms with van der Waals surface area (Å²) in [5.41, 5.74) is -0.710. The van der Waals surface area contributed by atoms with Crippen molar-refractivity contribution in [1.82, 2.24) is 0 Å². The summed E-state index contributed by atoms with van der Waals surface area (Å²) in [6.45, 7) is 4.27. The number of carbonyl (C=O) groups excluding carboxylic acids is 3. The van der Waals surface area contributed by atoms with Gasteiger partial charge in [-0.05, 0) is 80.1 Å². The summed E-state index contributed by atoms with van der Waals surface area (Å²) in [5, 5.41) is 23.5. The number of methoxy groups -OCH3 is 2. The Morgan fingerprint density at radius 1 is 1.15 bits per heavy atom. The third kappa shape index (κ3) is 3.93. The minimum absolute atomic E-state index is 0.0423. The third-order valence-electron chi connectivity index (χ3n) is 10.3. The Morgan fingerprint density at radius 2 is 1.85 bits per heavy atom. The van der Waals surface area contributed by atoms with Crippen LogP contribution in [0, 0.1) is 34.5 Å². The van der Waals surface area contributed by atoms with E-state index in [0.29, 0.717) is 44.9 Å². The van der Waals surface area contributed by atoms with Crippen molar-refractivity contribution in [3.63, 3.8) is 0 Å². The number of rotatable bonds is 6. The van der Waals surface area contributed by atoms with Crippen LogP contribution in [0.3, 0.4) is 0 Å². The lowest BCUT2D eigenvalue weighted by molar-refractivity contribution is -0.187. The van der Waals surface area contributed by atoms with Crippen molar-refractivity contribution >= 4 is 17.7 Å². The van der Waals surface area contributed by atoms with Crippen molar-refractivity contribution in [2.24, 2.45) is 34.5 Å². The first-order valence-electron chi connectivity index (χ1n) is 12.8. The van der Waals surface area contributed by atoms with E-state index in [2.05, 4.69) is 13.8 Å². The lowest BCUT2D eigenvalue weighted by Gasteiger charge is -2.62. The first-order chi connectivity index (χ1) is 16.0. The average Bonchev–Trinajstić information content (AvgIpc) is 3.04. The van der Waals surface area contributed by atoms with Crippen molar-refractivity contribution in [1.29, 1.82) is 0 Å². The molecule has 7 heteroatoms. The van der Waals surface area contributed by atoms with E-state index in [4.69, 9.17) is 9.47 Å². The number of hydrogen-bond donors (Lipinski definition) is 2. The Morgan fingerprint density at radius 3 is 2.53 bits per heavy atom. The monoisotopic (exact) mass is 476 g/mol. The van der Waals surface area contributed by atoms with Crippen molar-refractivity contribution in [3.05, 3.63) is 11.6 Å². The van der Waals surface area contributed by atoms with Gasteiger partial charge >= 0.3 is 11.9 Å². The molecule has 0 bridgehead atoms. The second-order valence-corrected chi connectivity index (χ2v) is 11.7. The topological polar surface area (TPSA) is 110 Å². The van der Waals surface area contributed by atoms with Crippen LogP contribution in [0.1, 0.15) is 78.1 Å². The van der Waals surface area contributed by atoms with Crippen LogP contribution in [0.5, 0.6) is 0 Å². The zero-order chi connectivity index (χ0) is 24.9. The number of esters is 2. The second kappa shape index (κ2) is 9.05. The highest BCUT2D eigenvalue weighted by Crippen LogP contribution is 2.69. The van der Waals surface area contributed by atoms with Gasteiger partial charge in [0.05, 0.1) is 25.9 Å². The van der Waals surface area contributed by atoms with E-state index in [-0.39, 0.29) is 59.7 Å². The maximum Gasteiger partial charge on any atom is 0.305 e. The third-order valence-corrected chi connectivity index (χ3v) is 10.3. The summed E-state index contributed by atoms with van der Waals surface area (Å²) in [5.74, 6) is -0.337. The Labute approximate surface area is 202 Å². The van der Waals surface area contributed by atoms with Gasteiger partial charge in [0.25, 0.3) is 0 Å². The first kappa shape index (κ1) is 25.4. The molecule has 8 atom stereocenters. The zero-order valence-corrected chi connectivity index (χ0v) is 21.0. The maximum atomic E-state index is 12.4. The normalized spacial score (nSPS) is 43.3. The molecule has 190 valence electrons. The molecule has 3 saturated carbocycles. The lowest BCUT2D eigenvalue weighted by Crippen LogP contribution is -2.61. The summed E-state index contributed by atoms with van der Waals surface area (Å²) in [4.78, 5) is 36.3. The lowest BCUT2D eigenvalue weighted by atomic mass is 9.43. The molecule has 0 aromatic carbocycles. The molecule has 3 unspecified atom stereocenters. The van der Waals surface area contributed by atoms with E-state index >= 15 is 0 Å². The van der Waals surface area contributed by atoms with Gasteiger partial charge in [0.2, 0.25) is 0 Å². The van der Waals surface area contributed by atoms with Crippen molar-refractivity contribution in [2.75, 3.05) is 14.2 Å². The number of aliphatic hydroxyl groups excluding tert-OH is 1. The molecule has 0 amide bonds. The largest absolute Gasteiger partial charge is 0.469 e. The molecule has 2 N–H and O–H groups in total. The summed E-state index contributed by atoms with van der Waals surface area (Å²) >= 11 is 0. The van der Waals surface area contributed by atoms with Crippen molar-refractivity contribution in [3.8, 4) is 0 Å². The number of fused-ring (bicyclic) bond motifs is 5. The van der Waals surface area contributed by atoms with Crippen LogP contribution in [0.25, 0.3) is 0 Å². The van der Waals surface area contributed by atoms with Crippen molar-refractivity contribution in [2.45, 2.75) is 89.8 Å². The van der Waals surface area contributed by atoms with Crippen LogP contribution in [-0.2, 0) is 23.9 Å². The quantitative estimate of drug-likeness (QED) is 0.566. The molecule has 4 rings (SSSR count). The summed E-state index contributed by atoms with van der Waals surface area (Å²) < 4.78 is 9.79. The molecule has 4 aliphatic carbocycles. The Hall–Kier alpha value is -1.73. The number of carbonyl (C=O) groups is 3. The van der Waals surface area contributed by atoms with Gasteiger partial charge < -0.3 is 19.7 Å². The summed E-state index contributed by atoms with van der Waals surface area (Å²) in [6.07, 6.45) is 6.43. The van der Waals surface area contributed by atoms with E-state index in [1.54, 1.807) is 6.08 Å². The Kier molecular flexibility index (Phi) is 6.75. The van der Waals surface area contributed by atoms with Crippen LogP contribution >= 0.6 is 0 Å². The summed E-state index contributed by atoms with van der Waals surface area (Å²) in [6, 6.07) is 0. The van der Waals surface area contributed by atoms with Gasteiger partial charge in [-0.15, -0.1) is 0 Å². The number of ether oxygens (including phenoxy) is 2. The molecule has 0 radical (unpaired) electrons. The summed E-state index contributed by atoms with van der Waals surface area (Å²) in [7, 11) is 2.76. The maximum absolute atomic E-state index is 12.4. The van der Waals surface area contributed by atoms with E-state index < -0.39 is 17.1 Å². The molecule has 4 aliphatic rings. The molecule has 0 aromatic heterocycles. The molecule has 0 aliphatic heterocycles. The van der Waals surface area contributed by atoms with Crippen LogP contribution < -0.4 is 0 Å². The predicted molar refractivity (Wildman–Crippen MR) is 124 cm³/mol. The van der Waals surface area contributed by atoms with E-state index in [1.807, 2.05) is 0 Å².